The van der Waals surface area contributed by atoms with E-state index in [4.69, 9.17) is 16.3 Å². The van der Waals surface area contributed by atoms with Crippen LogP contribution in [-0.2, 0) is 4.74 Å². The Morgan fingerprint density at radius 1 is 1.62 bits per heavy atom. The van der Waals surface area contributed by atoms with Crippen molar-refractivity contribution in [3.63, 3.8) is 0 Å². The zero-order chi connectivity index (χ0) is 9.68. The van der Waals surface area contributed by atoms with Crippen molar-refractivity contribution in [3.05, 3.63) is 35.9 Å². The normalized spacial score (nSPS) is 24.1. The first-order chi connectivity index (χ1) is 6.24. The molecule has 1 aliphatic heterocycles. The standard InChI is InChI=1S/C10H14ClNO/c1-3-9(6-8(2)11)10-7-13-5-4-12-10/h3,6,10,12H,1-2,4-5,7H2/b9-6+/t10-/m1/s1. The molecule has 1 aliphatic rings. The van der Waals surface area contributed by atoms with E-state index in [1.165, 1.54) is 0 Å². The van der Waals surface area contributed by atoms with Gasteiger partial charge in [-0.1, -0.05) is 30.8 Å². The summed E-state index contributed by atoms with van der Waals surface area (Å²) in [6, 6.07) is 0.196. The fourth-order valence-corrected chi connectivity index (χ4v) is 1.39. The second kappa shape index (κ2) is 5.22. The molecule has 72 valence electrons. The highest BCUT2D eigenvalue weighted by Gasteiger charge is 2.15. The van der Waals surface area contributed by atoms with E-state index in [-0.39, 0.29) is 6.04 Å². The number of nitrogens with one attached hydrogen (secondary N) is 1. The lowest BCUT2D eigenvalue weighted by molar-refractivity contribution is 0.0879. The Hall–Kier alpha value is -0.570. The van der Waals surface area contributed by atoms with Crippen LogP contribution in [0.1, 0.15) is 0 Å². The van der Waals surface area contributed by atoms with E-state index in [9.17, 15) is 0 Å². The molecule has 13 heavy (non-hydrogen) atoms. The monoisotopic (exact) mass is 199 g/mol. The van der Waals surface area contributed by atoms with Gasteiger partial charge in [-0.05, 0) is 11.6 Å². The summed E-state index contributed by atoms with van der Waals surface area (Å²) >= 11 is 5.68. The van der Waals surface area contributed by atoms with Gasteiger partial charge in [-0.25, -0.2) is 0 Å². The van der Waals surface area contributed by atoms with Gasteiger partial charge in [0, 0.05) is 11.6 Å². The number of ether oxygens (including phenoxy) is 1. The zero-order valence-corrected chi connectivity index (χ0v) is 8.31. The number of rotatable bonds is 3. The van der Waals surface area contributed by atoms with E-state index in [1.807, 2.05) is 0 Å². The van der Waals surface area contributed by atoms with Crippen LogP contribution >= 0.6 is 11.6 Å². The maximum atomic E-state index is 5.68. The third kappa shape index (κ3) is 3.35. The van der Waals surface area contributed by atoms with Gasteiger partial charge in [0.2, 0.25) is 0 Å². The van der Waals surface area contributed by atoms with E-state index in [0.29, 0.717) is 11.6 Å². The molecular weight excluding hydrogens is 186 g/mol. The SMILES string of the molecule is C=C/C(=C\C(=C)Cl)[C@H]1COCCN1. The molecule has 0 saturated carbocycles. The first-order valence-corrected chi connectivity index (χ1v) is 4.61. The molecule has 0 aliphatic carbocycles. The first-order valence-electron chi connectivity index (χ1n) is 4.23. The van der Waals surface area contributed by atoms with E-state index >= 15 is 0 Å². The summed E-state index contributed by atoms with van der Waals surface area (Å²) in [6.07, 6.45) is 3.58. The average molecular weight is 200 g/mol. The lowest BCUT2D eigenvalue weighted by atomic mass is 10.1. The summed E-state index contributed by atoms with van der Waals surface area (Å²) < 4.78 is 5.32. The van der Waals surface area contributed by atoms with Crippen LogP contribution in [0.3, 0.4) is 0 Å². The van der Waals surface area contributed by atoms with Crippen molar-refractivity contribution in [1.82, 2.24) is 5.32 Å². The van der Waals surface area contributed by atoms with Gasteiger partial charge in [0.15, 0.2) is 0 Å². The van der Waals surface area contributed by atoms with Crippen LogP contribution in [0.4, 0.5) is 0 Å². The summed E-state index contributed by atoms with van der Waals surface area (Å²) in [7, 11) is 0. The maximum absolute atomic E-state index is 5.68. The largest absolute Gasteiger partial charge is 0.378 e. The molecule has 2 nitrogen and oxygen atoms in total. The summed E-state index contributed by atoms with van der Waals surface area (Å²) in [5.74, 6) is 0. The predicted molar refractivity (Wildman–Crippen MR) is 55.9 cm³/mol. The maximum Gasteiger partial charge on any atom is 0.0662 e. The molecule has 1 rings (SSSR count). The molecule has 0 radical (unpaired) electrons. The number of hydrogen-bond donors (Lipinski definition) is 1. The molecule has 1 heterocycles. The highest BCUT2D eigenvalue weighted by molar-refractivity contribution is 6.30. The lowest BCUT2D eigenvalue weighted by Crippen LogP contribution is -2.42. The van der Waals surface area contributed by atoms with Crippen LogP contribution in [0.2, 0.25) is 0 Å². The minimum Gasteiger partial charge on any atom is -0.378 e. The van der Waals surface area contributed by atoms with Crippen molar-refractivity contribution in [3.8, 4) is 0 Å². The van der Waals surface area contributed by atoms with Crippen LogP contribution in [0.15, 0.2) is 35.9 Å². The summed E-state index contributed by atoms with van der Waals surface area (Å²) in [4.78, 5) is 0. The van der Waals surface area contributed by atoms with Crippen molar-refractivity contribution in [1.29, 1.82) is 0 Å². The molecule has 0 spiro atoms. The number of morpholine rings is 1. The zero-order valence-electron chi connectivity index (χ0n) is 7.55. The topological polar surface area (TPSA) is 21.3 Å². The van der Waals surface area contributed by atoms with Gasteiger partial charge >= 0.3 is 0 Å². The van der Waals surface area contributed by atoms with Gasteiger partial charge in [0.25, 0.3) is 0 Å². The van der Waals surface area contributed by atoms with Crippen molar-refractivity contribution in [2.24, 2.45) is 0 Å². The fourth-order valence-electron chi connectivity index (χ4n) is 1.26. The van der Waals surface area contributed by atoms with Crippen molar-refractivity contribution >= 4 is 11.6 Å². The lowest BCUT2D eigenvalue weighted by Gasteiger charge is -2.24. The summed E-state index contributed by atoms with van der Waals surface area (Å²) in [5.41, 5.74) is 1.03. The van der Waals surface area contributed by atoms with Gasteiger partial charge in [-0.3, -0.25) is 0 Å². The highest BCUT2D eigenvalue weighted by Crippen LogP contribution is 2.11. The molecule has 0 unspecified atom stereocenters. The van der Waals surface area contributed by atoms with Crippen LogP contribution < -0.4 is 5.32 Å². The van der Waals surface area contributed by atoms with Gasteiger partial charge in [0.1, 0.15) is 0 Å². The van der Waals surface area contributed by atoms with Crippen molar-refractivity contribution in [2.45, 2.75) is 6.04 Å². The Morgan fingerprint density at radius 3 is 2.85 bits per heavy atom. The molecular formula is C10H14ClNO. The smallest absolute Gasteiger partial charge is 0.0662 e. The Balaban J connectivity index is 2.64. The minimum absolute atomic E-state index is 0.196. The van der Waals surface area contributed by atoms with Crippen LogP contribution in [0.5, 0.6) is 0 Å². The Morgan fingerprint density at radius 2 is 2.38 bits per heavy atom. The molecule has 0 amide bonds. The Kier molecular flexibility index (Phi) is 4.22. The second-order valence-electron chi connectivity index (χ2n) is 2.88. The van der Waals surface area contributed by atoms with Crippen LogP contribution in [0, 0.1) is 0 Å². The Bertz CT molecular complexity index is 229. The number of halogens is 1. The Labute approximate surface area is 83.9 Å². The minimum atomic E-state index is 0.196. The molecule has 0 aromatic heterocycles. The molecule has 1 N–H and O–H groups in total. The van der Waals surface area contributed by atoms with Gasteiger partial charge < -0.3 is 10.1 Å². The third-order valence-electron chi connectivity index (χ3n) is 1.88. The van der Waals surface area contributed by atoms with Gasteiger partial charge in [-0.15, -0.1) is 0 Å². The molecule has 3 heteroatoms. The third-order valence-corrected chi connectivity index (χ3v) is 1.99. The highest BCUT2D eigenvalue weighted by atomic mass is 35.5. The number of hydrogen-bond acceptors (Lipinski definition) is 2. The van der Waals surface area contributed by atoms with Crippen LogP contribution in [0.25, 0.3) is 0 Å². The fraction of sp³-hybridized carbons (Fsp3) is 0.400. The van der Waals surface area contributed by atoms with E-state index in [0.717, 1.165) is 18.7 Å². The van der Waals surface area contributed by atoms with Gasteiger partial charge in [-0.2, -0.15) is 0 Å². The molecule has 1 atom stereocenters. The average Bonchev–Trinajstić information content (AvgIpc) is 2.15. The van der Waals surface area contributed by atoms with E-state index in [2.05, 4.69) is 18.5 Å². The first kappa shape index (κ1) is 10.5. The van der Waals surface area contributed by atoms with Gasteiger partial charge in [0.05, 0.1) is 19.3 Å². The molecule has 0 aromatic rings. The molecule has 0 aromatic carbocycles. The molecule has 0 bridgehead atoms. The van der Waals surface area contributed by atoms with Crippen molar-refractivity contribution < 1.29 is 4.74 Å². The quantitative estimate of drug-likeness (QED) is 0.701. The van der Waals surface area contributed by atoms with Crippen molar-refractivity contribution in [2.75, 3.05) is 19.8 Å². The summed E-state index contributed by atoms with van der Waals surface area (Å²) in [6.45, 7) is 9.64. The van der Waals surface area contributed by atoms with Crippen LogP contribution in [-0.4, -0.2) is 25.8 Å². The molecule has 1 saturated heterocycles. The van der Waals surface area contributed by atoms with E-state index in [1.54, 1.807) is 12.2 Å². The van der Waals surface area contributed by atoms with E-state index < -0.39 is 0 Å². The summed E-state index contributed by atoms with van der Waals surface area (Å²) in [5, 5.41) is 3.83. The molecule has 1 fully saturated rings. The predicted octanol–water partition coefficient (Wildman–Crippen LogP) is 1.84. The second-order valence-corrected chi connectivity index (χ2v) is 3.36. The number of allylic oxidation sites excluding steroid dienone is 2.